The van der Waals surface area contributed by atoms with Gasteiger partial charge < -0.3 is 4.74 Å². The van der Waals surface area contributed by atoms with Crippen LogP contribution in [-0.4, -0.2) is 13.4 Å². The number of hydrogen-bond donors (Lipinski definition) is 0. The van der Waals surface area contributed by atoms with Crippen molar-refractivity contribution in [2.75, 3.05) is 7.11 Å². The van der Waals surface area contributed by atoms with Gasteiger partial charge in [-0.1, -0.05) is 18.2 Å². The van der Waals surface area contributed by atoms with Crippen molar-refractivity contribution >= 4 is 27.7 Å². The second-order valence-electron chi connectivity index (χ2n) is 4.22. The summed E-state index contributed by atoms with van der Waals surface area (Å²) in [5, 5.41) is 1.23. The maximum atomic E-state index is 11.1. The number of hydrogen-bond acceptors (Lipinski definition) is 3. The minimum Gasteiger partial charge on any atom is -0.496 e. The molecule has 0 fully saturated rings. The van der Waals surface area contributed by atoms with E-state index in [0.29, 0.717) is 11.3 Å². The van der Waals surface area contributed by atoms with Gasteiger partial charge in [0.25, 0.3) is 0 Å². The van der Waals surface area contributed by atoms with Crippen LogP contribution >= 0.6 is 11.3 Å². The monoisotopic (exact) mass is 268 g/mol. The van der Waals surface area contributed by atoms with Crippen molar-refractivity contribution in [2.24, 2.45) is 0 Å². The van der Waals surface area contributed by atoms with E-state index in [1.165, 1.54) is 10.1 Å². The molecule has 3 rings (SSSR count). The highest BCUT2D eigenvalue weighted by Crippen LogP contribution is 2.34. The largest absolute Gasteiger partial charge is 0.496 e. The van der Waals surface area contributed by atoms with Crippen LogP contribution < -0.4 is 4.74 Å². The Morgan fingerprint density at radius 2 is 1.95 bits per heavy atom. The van der Waals surface area contributed by atoms with E-state index in [1.807, 2.05) is 30.3 Å². The van der Waals surface area contributed by atoms with Crippen molar-refractivity contribution < 1.29 is 9.53 Å². The Morgan fingerprint density at radius 3 is 2.68 bits per heavy atom. The second kappa shape index (κ2) is 4.86. The van der Waals surface area contributed by atoms with Crippen LogP contribution in [0.5, 0.6) is 5.75 Å². The third kappa shape index (κ3) is 2.13. The topological polar surface area (TPSA) is 26.3 Å². The van der Waals surface area contributed by atoms with Gasteiger partial charge in [0.1, 0.15) is 5.75 Å². The highest BCUT2D eigenvalue weighted by molar-refractivity contribution is 7.22. The summed E-state index contributed by atoms with van der Waals surface area (Å²) in [5.41, 5.74) is 1.63. The van der Waals surface area contributed by atoms with Gasteiger partial charge in [-0.05, 0) is 41.3 Å². The molecular formula is C16H12O2S. The Morgan fingerprint density at radius 1 is 1.11 bits per heavy atom. The quantitative estimate of drug-likeness (QED) is 0.658. The standard InChI is InChI=1S/C16H12O2S/c1-18-14-7-6-12(8-13(14)10-17)16-9-11-4-2-3-5-15(11)19-16/h2-10H,1H3. The highest BCUT2D eigenvalue weighted by Gasteiger charge is 2.07. The number of aldehydes is 1. The number of fused-ring (bicyclic) bond motifs is 1. The first-order valence-corrected chi connectivity index (χ1v) is 6.75. The molecule has 0 saturated carbocycles. The van der Waals surface area contributed by atoms with Crippen molar-refractivity contribution in [3.63, 3.8) is 0 Å². The molecule has 0 atom stereocenters. The molecule has 0 amide bonds. The molecule has 0 aliphatic carbocycles. The molecule has 0 N–H and O–H groups in total. The van der Waals surface area contributed by atoms with Gasteiger partial charge >= 0.3 is 0 Å². The molecule has 3 heteroatoms. The van der Waals surface area contributed by atoms with Gasteiger partial charge in [0.05, 0.1) is 12.7 Å². The van der Waals surface area contributed by atoms with Crippen LogP contribution in [0, 0.1) is 0 Å². The van der Waals surface area contributed by atoms with Crippen LogP contribution in [0.15, 0.2) is 48.5 Å². The second-order valence-corrected chi connectivity index (χ2v) is 5.31. The maximum Gasteiger partial charge on any atom is 0.153 e. The van der Waals surface area contributed by atoms with E-state index in [1.54, 1.807) is 18.4 Å². The lowest BCUT2D eigenvalue weighted by molar-refractivity contribution is 0.112. The summed E-state index contributed by atoms with van der Waals surface area (Å²) in [7, 11) is 1.57. The first kappa shape index (κ1) is 11.9. The van der Waals surface area contributed by atoms with Crippen molar-refractivity contribution in [3.05, 3.63) is 54.1 Å². The van der Waals surface area contributed by atoms with E-state index >= 15 is 0 Å². The molecule has 0 aliphatic heterocycles. The van der Waals surface area contributed by atoms with Crippen LogP contribution in [0.4, 0.5) is 0 Å². The Labute approximate surface area is 115 Å². The minimum absolute atomic E-state index is 0.581. The molecule has 94 valence electrons. The number of carbonyl (C=O) groups is 1. The lowest BCUT2D eigenvalue weighted by Crippen LogP contribution is -1.90. The Kier molecular flexibility index (Phi) is 3.05. The van der Waals surface area contributed by atoms with Gasteiger partial charge in [0, 0.05) is 9.58 Å². The fourth-order valence-electron chi connectivity index (χ4n) is 2.10. The molecule has 0 aliphatic rings. The predicted octanol–water partition coefficient (Wildman–Crippen LogP) is 4.39. The summed E-state index contributed by atoms with van der Waals surface area (Å²) < 4.78 is 6.41. The zero-order valence-electron chi connectivity index (χ0n) is 10.4. The molecule has 0 radical (unpaired) electrons. The molecule has 0 unspecified atom stereocenters. The number of carbonyl (C=O) groups excluding carboxylic acids is 1. The number of benzene rings is 2. The fourth-order valence-corrected chi connectivity index (χ4v) is 3.16. The molecule has 0 bridgehead atoms. The predicted molar refractivity (Wildman–Crippen MR) is 79.2 cm³/mol. The lowest BCUT2D eigenvalue weighted by Gasteiger charge is -2.04. The van der Waals surface area contributed by atoms with Crippen molar-refractivity contribution in [3.8, 4) is 16.2 Å². The lowest BCUT2D eigenvalue weighted by atomic mass is 10.1. The Hall–Kier alpha value is -2.13. The molecule has 19 heavy (non-hydrogen) atoms. The van der Waals surface area contributed by atoms with Gasteiger partial charge in [-0.2, -0.15) is 0 Å². The average molecular weight is 268 g/mol. The highest BCUT2D eigenvalue weighted by atomic mass is 32.1. The van der Waals surface area contributed by atoms with Crippen LogP contribution in [0.25, 0.3) is 20.5 Å². The summed E-state index contributed by atoms with van der Waals surface area (Å²) in [4.78, 5) is 12.2. The molecule has 1 heterocycles. The van der Waals surface area contributed by atoms with E-state index in [9.17, 15) is 4.79 Å². The van der Waals surface area contributed by atoms with E-state index in [2.05, 4.69) is 18.2 Å². The molecule has 2 nitrogen and oxygen atoms in total. The van der Waals surface area contributed by atoms with Crippen molar-refractivity contribution in [1.82, 2.24) is 0 Å². The smallest absolute Gasteiger partial charge is 0.153 e. The third-order valence-electron chi connectivity index (χ3n) is 3.07. The van der Waals surface area contributed by atoms with Gasteiger partial charge in [0.15, 0.2) is 6.29 Å². The van der Waals surface area contributed by atoms with Crippen molar-refractivity contribution in [2.45, 2.75) is 0 Å². The molecule has 2 aromatic carbocycles. The van der Waals surface area contributed by atoms with E-state index in [-0.39, 0.29) is 0 Å². The van der Waals surface area contributed by atoms with E-state index in [4.69, 9.17) is 4.74 Å². The zero-order valence-corrected chi connectivity index (χ0v) is 11.2. The summed E-state index contributed by atoms with van der Waals surface area (Å²) >= 11 is 1.73. The molecule has 0 saturated heterocycles. The number of rotatable bonds is 3. The van der Waals surface area contributed by atoms with Crippen LogP contribution in [-0.2, 0) is 0 Å². The van der Waals surface area contributed by atoms with E-state index in [0.717, 1.165) is 16.7 Å². The van der Waals surface area contributed by atoms with Gasteiger partial charge in [-0.25, -0.2) is 0 Å². The summed E-state index contributed by atoms with van der Waals surface area (Å²) in [6.07, 6.45) is 0.829. The Balaban J connectivity index is 2.13. The molecule has 0 spiro atoms. The Bertz CT molecular complexity index is 710. The van der Waals surface area contributed by atoms with E-state index < -0.39 is 0 Å². The third-order valence-corrected chi connectivity index (χ3v) is 4.23. The SMILES string of the molecule is COc1ccc(-c2cc3ccccc3s2)cc1C=O. The normalized spacial score (nSPS) is 10.6. The molecule has 3 aromatic rings. The van der Waals surface area contributed by atoms with Crippen LogP contribution in [0.3, 0.4) is 0 Å². The summed E-state index contributed by atoms with van der Waals surface area (Å²) in [6, 6.07) is 16.1. The maximum absolute atomic E-state index is 11.1. The van der Waals surface area contributed by atoms with Crippen LogP contribution in [0.1, 0.15) is 10.4 Å². The summed E-state index contributed by atoms with van der Waals surface area (Å²) in [5.74, 6) is 0.611. The number of ether oxygens (including phenoxy) is 1. The zero-order chi connectivity index (χ0) is 13.2. The minimum atomic E-state index is 0.581. The first-order valence-electron chi connectivity index (χ1n) is 5.94. The molecular weight excluding hydrogens is 256 g/mol. The average Bonchev–Trinajstić information content (AvgIpc) is 2.90. The number of methoxy groups -OCH3 is 1. The van der Waals surface area contributed by atoms with Crippen molar-refractivity contribution in [1.29, 1.82) is 0 Å². The van der Waals surface area contributed by atoms with Gasteiger partial charge in [0.2, 0.25) is 0 Å². The van der Waals surface area contributed by atoms with Crippen LogP contribution in [0.2, 0.25) is 0 Å². The van der Waals surface area contributed by atoms with Gasteiger partial charge in [-0.3, -0.25) is 4.79 Å². The fraction of sp³-hybridized carbons (Fsp3) is 0.0625. The number of thiophene rings is 1. The first-order chi connectivity index (χ1) is 9.31. The molecule has 1 aromatic heterocycles. The summed E-state index contributed by atoms with van der Waals surface area (Å²) in [6.45, 7) is 0. The van der Waals surface area contributed by atoms with Gasteiger partial charge in [-0.15, -0.1) is 11.3 Å².